The average molecular weight is 332 g/mol. The smallest absolute Gasteiger partial charge is 0.226 e. The SMILES string of the molecule is O=C(C1CC1c1ccccc1Cl)N(C1CCCC1)C1CCCC1. The zero-order chi connectivity index (χ0) is 15.8. The van der Waals surface area contributed by atoms with E-state index in [2.05, 4.69) is 11.0 Å². The molecule has 0 saturated heterocycles. The maximum atomic E-state index is 13.3. The van der Waals surface area contributed by atoms with Gasteiger partial charge in [-0.1, -0.05) is 55.5 Å². The van der Waals surface area contributed by atoms with Crippen molar-refractivity contribution in [3.63, 3.8) is 0 Å². The fraction of sp³-hybridized carbons (Fsp3) is 0.650. The molecule has 3 fully saturated rings. The number of amides is 1. The monoisotopic (exact) mass is 331 g/mol. The molecule has 2 atom stereocenters. The Balaban J connectivity index is 1.51. The number of nitrogens with zero attached hydrogens (tertiary/aromatic N) is 1. The molecule has 3 aliphatic carbocycles. The molecule has 0 heterocycles. The van der Waals surface area contributed by atoms with E-state index in [0.717, 1.165) is 11.4 Å². The summed E-state index contributed by atoms with van der Waals surface area (Å²) in [6.07, 6.45) is 11.0. The van der Waals surface area contributed by atoms with Crippen LogP contribution in [0.1, 0.15) is 69.3 Å². The number of benzene rings is 1. The van der Waals surface area contributed by atoms with Crippen molar-refractivity contribution in [2.45, 2.75) is 75.8 Å². The molecule has 23 heavy (non-hydrogen) atoms. The van der Waals surface area contributed by atoms with Crippen molar-refractivity contribution in [2.24, 2.45) is 5.92 Å². The zero-order valence-electron chi connectivity index (χ0n) is 13.7. The molecule has 124 valence electrons. The summed E-state index contributed by atoms with van der Waals surface area (Å²) in [6.45, 7) is 0. The maximum Gasteiger partial charge on any atom is 0.226 e. The van der Waals surface area contributed by atoms with Gasteiger partial charge >= 0.3 is 0 Å². The van der Waals surface area contributed by atoms with Crippen molar-refractivity contribution in [3.05, 3.63) is 34.9 Å². The average Bonchev–Trinajstić information content (AvgIpc) is 2.95. The van der Waals surface area contributed by atoms with Crippen LogP contribution in [0.2, 0.25) is 5.02 Å². The molecule has 0 spiro atoms. The van der Waals surface area contributed by atoms with E-state index in [-0.39, 0.29) is 5.92 Å². The highest BCUT2D eigenvalue weighted by Crippen LogP contribution is 2.51. The molecule has 0 radical (unpaired) electrons. The summed E-state index contributed by atoms with van der Waals surface area (Å²) in [5.41, 5.74) is 1.17. The fourth-order valence-corrected chi connectivity index (χ4v) is 5.08. The van der Waals surface area contributed by atoms with Crippen molar-refractivity contribution < 1.29 is 4.79 Å². The third-order valence-corrected chi connectivity index (χ3v) is 6.45. The highest BCUT2D eigenvalue weighted by atomic mass is 35.5. The van der Waals surface area contributed by atoms with E-state index in [9.17, 15) is 4.79 Å². The molecule has 1 aromatic carbocycles. The number of hydrogen-bond acceptors (Lipinski definition) is 1. The number of rotatable bonds is 4. The molecule has 3 heteroatoms. The quantitative estimate of drug-likeness (QED) is 0.746. The van der Waals surface area contributed by atoms with Gasteiger partial charge in [0.25, 0.3) is 0 Å². The Morgan fingerprint density at radius 2 is 1.52 bits per heavy atom. The second kappa shape index (κ2) is 6.47. The first kappa shape index (κ1) is 15.5. The van der Waals surface area contributed by atoms with E-state index in [1.807, 2.05) is 18.2 Å². The van der Waals surface area contributed by atoms with Crippen LogP contribution in [0.15, 0.2) is 24.3 Å². The summed E-state index contributed by atoms with van der Waals surface area (Å²) in [4.78, 5) is 15.6. The van der Waals surface area contributed by atoms with E-state index in [1.165, 1.54) is 56.9 Å². The highest BCUT2D eigenvalue weighted by molar-refractivity contribution is 6.31. The number of hydrogen-bond donors (Lipinski definition) is 0. The van der Waals surface area contributed by atoms with E-state index in [4.69, 9.17) is 11.6 Å². The van der Waals surface area contributed by atoms with Gasteiger partial charge in [-0.2, -0.15) is 0 Å². The lowest BCUT2D eigenvalue weighted by Crippen LogP contribution is -2.46. The van der Waals surface area contributed by atoms with E-state index < -0.39 is 0 Å². The molecule has 0 bridgehead atoms. The first-order valence-corrected chi connectivity index (χ1v) is 9.70. The van der Waals surface area contributed by atoms with Gasteiger partial charge in [0.1, 0.15) is 0 Å². The maximum absolute atomic E-state index is 13.3. The van der Waals surface area contributed by atoms with Crippen LogP contribution in [-0.2, 0) is 4.79 Å². The van der Waals surface area contributed by atoms with Crippen LogP contribution in [0.25, 0.3) is 0 Å². The van der Waals surface area contributed by atoms with Gasteiger partial charge in [-0.05, 0) is 49.7 Å². The van der Waals surface area contributed by atoms with Crippen LogP contribution in [0, 0.1) is 5.92 Å². The highest BCUT2D eigenvalue weighted by Gasteiger charge is 2.49. The minimum Gasteiger partial charge on any atom is -0.336 e. The summed E-state index contributed by atoms with van der Waals surface area (Å²) in [5, 5.41) is 0.820. The molecule has 4 rings (SSSR count). The second-order valence-electron chi connectivity index (χ2n) is 7.59. The van der Waals surface area contributed by atoms with Gasteiger partial charge < -0.3 is 4.90 Å². The molecule has 0 aromatic heterocycles. The first-order valence-electron chi connectivity index (χ1n) is 9.32. The van der Waals surface area contributed by atoms with E-state index in [0.29, 0.717) is 23.9 Å². The molecule has 1 amide bonds. The third kappa shape index (κ3) is 3.03. The van der Waals surface area contributed by atoms with Gasteiger partial charge in [0.15, 0.2) is 0 Å². The van der Waals surface area contributed by atoms with Crippen LogP contribution in [0.4, 0.5) is 0 Å². The summed E-state index contributed by atoms with van der Waals surface area (Å²) in [5.74, 6) is 0.950. The predicted octanol–water partition coefficient (Wildman–Crippen LogP) is 5.16. The summed E-state index contributed by atoms with van der Waals surface area (Å²) < 4.78 is 0. The number of halogens is 1. The van der Waals surface area contributed by atoms with Crippen molar-refractivity contribution >= 4 is 17.5 Å². The van der Waals surface area contributed by atoms with Crippen LogP contribution in [0.5, 0.6) is 0 Å². The van der Waals surface area contributed by atoms with E-state index >= 15 is 0 Å². The lowest BCUT2D eigenvalue weighted by molar-refractivity contribution is -0.137. The Labute approximate surface area is 144 Å². The molecular formula is C20H26ClNO. The van der Waals surface area contributed by atoms with Gasteiger partial charge in [-0.3, -0.25) is 4.79 Å². The standard InChI is InChI=1S/C20H26ClNO/c21-19-12-6-5-11-16(19)17-13-18(17)20(23)22(14-7-1-2-8-14)15-9-3-4-10-15/h5-6,11-12,14-15,17-18H,1-4,7-10,13H2. The Morgan fingerprint density at radius 3 is 2.09 bits per heavy atom. The summed E-state index contributed by atoms with van der Waals surface area (Å²) in [7, 11) is 0. The van der Waals surface area contributed by atoms with Crippen molar-refractivity contribution in [1.82, 2.24) is 4.90 Å². The summed E-state index contributed by atoms with van der Waals surface area (Å²) >= 11 is 6.34. The third-order valence-electron chi connectivity index (χ3n) is 6.10. The minimum atomic E-state index is 0.177. The van der Waals surface area contributed by atoms with Crippen molar-refractivity contribution in [1.29, 1.82) is 0 Å². The normalized spacial score (nSPS) is 28.2. The molecular weight excluding hydrogens is 306 g/mol. The van der Waals surface area contributed by atoms with Crippen molar-refractivity contribution in [3.8, 4) is 0 Å². The lowest BCUT2D eigenvalue weighted by Gasteiger charge is -2.35. The number of carbonyl (C=O) groups is 1. The van der Waals surface area contributed by atoms with Crippen LogP contribution >= 0.6 is 11.6 Å². The van der Waals surface area contributed by atoms with Crippen LogP contribution < -0.4 is 0 Å². The van der Waals surface area contributed by atoms with Gasteiger partial charge in [-0.15, -0.1) is 0 Å². The van der Waals surface area contributed by atoms with Crippen LogP contribution in [0.3, 0.4) is 0 Å². The molecule has 3 saturated carbocycles. The van der Waals surface area contributed by atoms with Gasteiger partial charge in [0.05, 0.1) is 0 Å². The van der Waals surface area contributed by atoms with Gasteiger partial charge in [0.2, 0.25) is 5.91 Å². The predicted molar refractivity (Wildman–Crippen MR) is 93.7 cm³/mol. The fourth-order valence-electron chi connectivity index (χ4n) is 4.80. The molecule has 2 nitrogen and oxygen atoms in total. The summed E-state index contributed by atoms with van der Waals surface area (Å²) in [6, 6.07) is 9.07. The first-order chi connectivity index (χ1) is 11.3. The second-order valence-corrected chi connectivity index (χ2v) is 8.00. The van der Waals surface area contributed by atoms with Gasteiger partial charge in [0, 0.05) is 23.0 Å². The molecule has 0 N–H and O–H groups in total. The molecule has 3 aliphatic rings. The Morgan fingerprint density at radius 1 is 0.957 bits per heavy atom. The molecule has 0 aliphatic heterocycles. The molecule has 1 aromatic rings. The Kier molecular flexibility index (Phi) is 4.36. The van der Waals surface area contributed by atoms with Crippen molar-refractivity contribution in [2.75, 3.05) is 0 Å². The van der Waals surface area contributed by atoms with Crippen LogP contribution in [-0.4, -0.2) is 22.9 Å². The topological polar surface area (TPSA) is 20.3 Å². The van der Waals surface area contributed by atoms with E-state index in [1.54, 1.807) is 0 Å². The zero-order valence-corrected chi connectivity index (χ0v) is 14.5. The van der Waals surface area contributed by atoms with Gasteiger partial charge in [-0.25, -0.2) is 0 Å². The molecule has 2 unspecified atom stereocenters. The Hall–Kier alpha value is -1.02. The number of carbonyl (C=O) groups excluding carboxylic acids is 1. The Bertz CT molecular complexity index is 559. The lowest BCUT2D eigenvalue weighted by atomic mass is 10.1. The minimum absolute atomic E-state index is 0.177. The largest absolute Gasteiger partial charge is 0.336 e.